The van der Waals surface area contributed by atoms with E-state index in [0.29, 0.717) is 17.9 Å². The van der Waals surface area contributed by atoms with Gasteiger partial charge in [0, 0.05) is 18.5 Å². The first-order valence-corrected chi connectivity index (χ1v) is 5.27. The van der Waals surface area contributed by atoms with E-state index in [2.05, 4.69) is 6.92 Å². The smallest absolute Gasteiger partial charge is 0.226 e. The first-order valence-electron chi connectivity index (χ1n) is 5.27. The Labute approximate surface area is 86.8 Å². The topological polar surface area (TPSA) is 20.3 Å². The van der Waals surface area contributed by atoms with Crippen LogP contribution in [0, 0.1) is 11.8 Å². The predicted octanol–water partition coefficient (Wildman–Crippen LogP) is 1.32. The van der Waals surface area contributed by atoms with Crippen molar-refractivity contribution < 1.29 is 4.79 Å². The minimum atomic E-state index is 0.194. The number of fused-ring (bicyclic) bond motifs is 1. The van der Waals surface area contributed by atoms with Crippen molar-refractivity contribution in [2.24, 2.45) is 11.8 Å². The fourth-order valence-corrected chi connectivity index (χ4v) is 2.57. The van der Waals surface area contributed by atoms with Gasteiger partial charge in [0.15, 0.2) is 0 Å². The zero-order chi connectivity index (χ0) is 10.5. The molecule has 74 valence electrons. The van der Waals surface area contributed by atoms with Crippen LogP contribution in [0.5, 0.6) is 0 Å². The second-order valence-electron chi connectivity index (χ2n) is 4.67. The third-order valence-corrected chi connectivity index (χ3v) is 3.84. The molecule has 0 aromatic heterocycles. The summed E-state index contributed by atoms with van der Waals surface area (Å²) in [5.74, 6) is 0.970. The Morgan fingerprint density at radius 3 is 2.64 bits per heavy atom. The van der Waals surface area contributed by atoms with Gasteiger partial charge in [0.25, 0.3) is 0 Å². The van der Waals surface area contributed by atoms with Crippen LogP contribution in [0.25, 0.3) is 0 Å². The van der Waals surface area contributed by atoms with Crippen LogP contribution in [0.2, 0.25) is 0 Å². The SMILES string of the molecule is [B]/C(C)=C1\CC2C(C)C(C)C(=O)N2C1. The van der Waals surface area contributed by atoms with Crippen molar-refractivity contribution in [2.45, 2.75) is 33.2 Å². The van der Waals surface area contributed by atoms with E-state index in [4.69, 9.17) is 7.85 Å². The summed E-state index contributed by atoms with van der Waals surface area (Å²) >= 11 is 0. The highest BCUT2D eigenvalue weighted by atomic mass is 16.2. The number of carbonyl (C=O) groups is 1. The number of rotatable bonds is 0. The maximum atomic E-state index is 11.8. The molecule has 2 heterocycles. The maximum absolute atomic E-state index is 11.8. The predicted molar refractivity (Wildman–Crippen MR) is 56.9 cm³/mol. The highest BCUT2D eigenvalue weighted by molar-refractivity contribution is 6.21. The van der Waals surface area contributed by atoms with Crippen molar-refractivity contribution in [1.82, 2.24) is 4.90 Å². The number of allylic oxidation sites excluding steroid dienone is 1. The zero-order valence-electron chi connectivity index (χ0n) is 9.08. The molecule has 0 aliphatic carbocycles. The van der Waals surface area contributed by atoms with E-state index >= 15 is 0 Å². The first-order chi connectivity index (χ1) is 6.52. The van der Waals surface area contributed by atoms with Crippen LogP contribution in [0.4, 0.5) is 0 Å². The summed E-state index contributed by atoms with van der Waals surface area (Å²) in [5, 5.41) is 0. The Kier molecular flexibility index (Phi) is 2.21. The van der Waals surface area contributed by atoms with Gasteiger partial charge in [0.1, 0.15) is 7.85 Å². The summed E-state index contributed by atoms with van der Waals surface area (Å²) in [6, 6.07) is 0.408. The van der Waals surface area contributed by atoms with Crippen molar-refractivity contribution in [3.8, 4) is 0 Å². The Hall–Kier alpha value is -0.725. The number of hydrogen-bond acceptors (Lipinski definition) is 1. The lowest BCUT2D eigenvalue weighted by atomic mass is 9.86. The summed E-state index contributed by atoms with van der Waals surface area (Å²) in [6.45, 7) is 6.89. The Balaban J connectivity index is 2.25. The summed E-state index contributed by atoms with van der Waals surface area (Å²) < 4.78 is 0. The fraction of sp³-hybridized carbons (Fsp3) is 0.727. The van der Waals surface area contributed by atoms with E-state index < -0.39 is 0 Å². The molecule has 2 radical (unpaired) electrons. The molecule has 3 heteroatoms. The van der Waals surface area contributed by atoms with Gasteiger partial charge in [-0.05, 0) is 12.3 Å². The molecule has 1 amide bonds. The molecule has 0 spiro atoms. The van der Waals surface area contributed by atoms with Crippen LogP contribution in [0.1, 0.15) is 27.2 Å². The number of amides is 1. The monoisotopic (exact) mass is 189 g/mol. The van der Waals surface area contributed by atoms with Crippen LogP contribution in [0.15, 0.2) is 11.0 Å². The van der Waals surface area contributed by atoms with Gasteiger partial charge in [-0.3, -0.25) is 4.79 Å². The lowest BCUT2D eigenvalue weighted by Crippen LogP contribution is -2.28. The van der Waals surface area contributed by atoms with E-state index in [9.17, 15) is 4.79 Å². The van der Waals surface area contributed by atoms with Crippen molar-refractivity contribution in [3.63, 3.8) is 0 Å². The highest BCUT2D eigenvalue weighted by Crippen LogP contribution is 2.39. The van der Waals surface area contributed by atoms with E-state index in [0.717, 1.165) is 18.4 Å². The van der Waals surface area contributed by atoms with E-state index in [-0.39, 0.29) is 5.92 Å². The van der Waals surface area contributed by atoms with Gasteiger partial charge < -0.3 is 4.90 Å². The molecule has 0 aromatic rings. The molecular formula is C11H16BNO. The molecule has 0 N–H and O–H groups in total. The van der Waals surface area contributed by atoms with Gasteiger partial charge in [0.2, 0.25) is 5.91 Å². The maximum Gasteiger partial charge on any atom is 0.226 e. The van der Waals surface area contributed by atoms with Gasteiger partial charge in [-0.2, -0.15) is 0 Å². The molecule has 2 aliphatic rings. The van der Waals surface area contributed by atoms with E-state index in [1.807, 2.05) is 18.7 Å². The third-order valence-electron chi connectivity index (χ3n) is 3.84. The molecule has 14 heavy (non-hydrogen) atoms. The van der Waals surface area contributed by atoms with E-state index in [1.165, 1.54) is 5.57 Å². The van der Waals surface area contributed by atoms with Crippen molar-refractivity contribution in [1.29, 1.82) is 0 Å². The highest BCUT2D eigenvalue weighted by Gasteiger charge is 2.46. The van der Waals surface area contributed by atoms with Gasteiger partial charge in [-0.1, -0.05) is 26.3 Å². The Morgan fingerprint density at radius 2 is 2.14 bits per heavy atom. The molecule has 2 nitrogen and oxygen atoms in total. The molecule has 3 unspecified atom stereocenters. The Morgan fingerprint density at radius 1 is 1.50 bits per heavy atom. The van der Waals surface area contributed by atoms with Crippen LogP contribution in [-0.4, -0.2) is 31.2 Å². The van der Waals surface area contributed by atoms with Gasteiger partial charge in [0.05, 0.1) is 0 Å². The standard InChI is InChI=1S/C11H16BNO/c1-6-7(2)11(14)13-5-9(8(3)12)4-10(6)13/h6-7,10H,4-5H2,1-3H3/b9-8+. The molecule has 0 saturated carbocycles. The average molecular weight is 189 g/mol. The molecule has 0 aromatic carbocycles. The van der Waals surface area contributed by atoms with Gasteiger partial charge in [-0.25, -0.2) is 0 Å². The summed E-state index contributed by atoms with van der Waals surface area (Å²) in [7, 11) is 5.77. The van der Waals surface area contributed by atoms with Crippen molar-refractivity contribution in [2.75, 3.05) is 6.54 Å². The molecule has 2 saturated heterocycles. The summed E-state index contributed by atoms with van der Waals surface area (Å²) in [4.78, 5) is 13.8. The van der Waals surface area contributed by atoms with E-state index in [1.54, 1.807) is 0 Å². The zero-order valence-corrected chi connectivity index (χ0v) is 9.08. The van der Waals surface area contributed by atoms with Crippen LogP contribution in [0.3, 0.4) is 0 Å². The molecular weight excluding hydrogens is 173 g/mol. The Bertz CT molecular complexity index is 306. The quantitative estimate of drug-likeness (QED) is 0.526. The normalized spacial score (nSPS) is 40.4. The third kappa shape index (κ3) is 1.22. The lowest BCUT2D eigenvalue weighted by Gasteiger charge is -2.16. The van der Waals surface area contributed by atoms with Crippen molar-refractivity contribution in [3.05, 3.63) is 11.0 Å². The molecule has 0 bridgehead atoms. The largest absolute Gasteiger partial charge is 0.335 e. The van der Waals surface area contributed by atoms with Gasteiger partial charge >= 0.3 is 0 Å². The van der Waals surface area contributed by atoms with Crippen LogP contribution in [-0.2, 0) is 4.79 Å². The molecule has 2 fully saturated rings. The molecule has 2 rings (SSSR count). The molecule has 2 aliphatic heterocycles. The van der Waals surface area contributed by atoms with Crippen LogP contribution < -0.4 is 0 Å². The van der Waals surface area contributed by atoms with Gasteiger partial charge in [-0.15, -0.1) is 5.47 Å². The minimum Gasteiger partial charge on any atom is -0.335 e. The lowest BCUT2D eigenvalue weighted by molar-refractivity contribution is -0.130. The number of carbonyl (C=O) groups excluding carboxylic acids is 1. The minimum absolute atomic E-state index is 0.194. The van der Waals surface area contributed by atoms with Crippen molar-refractivity contribution >= 4 is 13.8 Å². The summed E-state index contributed by atoms with van der Waals surface area (Å²) in [5.41, 5.74) is 2.15. The fourth-order valence-electron chi connectivity index (χ4n) is 2.57. The first kappa shape index (κ1) is 9.82. The molecule has 3 atom stereocenters. The average Bonchev–Trinajstić information content (AvgIpc) is 2.64. The van der Waals surface area contributed by atoms with Crippen LogP contribution >= 0.6 is 0 Å². The second-order valence-corrected chi connectivity index (χ2v) is 4.67. The number of hydrogen-bond donors (Lipinski definition) is 0. The second kappa shape index (κ2) is 3.14. The summed E-state index contributed by atoms with van der Waals surface area (Å²) in [6.07, 6.45) is 0.986. The number of nitrogens with zero attached hydrogens (tertiary/aromatic N) is 1.